The molecule has 100 valence electrons. The highest BCUT2D eigenvalue weighted by molar-refractivity contribution is 7.71. The number of nitrogens with zero attached hydrogens (tertiary/aromatic N) is 2. The number of halogens is 2. The van der Waals surface area contributed by atoms with Gasteiger partial charge in [0.25, 0.3) is 0 Å². The van der Waals surface area contributed by atoms with Crippen molar-refractivity contribution in [1.29, 1.82) is 0 Å². The summed E-state index contributed by atoms with van der Waals surface area (Å²) in [4.78, 5) is 0. The van der Waals surface area contributed by atoms with Gasteiger partial charge in [-0.1, -0.05) is 29.8 Å². The monoisotopic (exact) mass is 305 g/mol. The van der Waals surface area contributed by atoms with Crippen LogP contribution in [-0.2, 0) is 0 Å². The summed E-state index contributed by atoms with van der Waals surface area (Å²) < 4.78 is 16.1. The van der Waals surface area contributed by atoms with Crippen molar-refractivity contribution in [2.24, 2.45) is 0 Å². The molecule has 0 fully saturated rings. The van der Waals surface area contributed by atoms with Crippen LogP contribution in [-0.4, -0.2) is 14.8 Å². The predicted molar refractivity (Wildman–Crippen MR) is 79.2 cm³/mol. The first-order valence-electron chi connectivity index (χ1n) is 5.85. The molecule has 0 unspecified atom stereocenters. The number of benzene rings is 2. The second-order valence-corrected chi connectivity index (χ2v) is 4.97. The summed E-state index contributed by atoms with van der Waals surface area (Å²) in [6.07, 6.45) is 0. The van der Waals surface area contributed by atoms with Gasteiger partial charge >= 0.3 is 0 Å². The molecule has 6 heteroatoms. The lowest BCUT2D eigenvalue weighted by Gasteiger charge is -2.07. The Hall–Kier alpha value is -1.98. The molecule has 0 aliphatic carbocycles. The first-order valence-corrected chi connectivity index (χ1v) is 6.64. The topological polar surface area (TPSA) is 33.6 Å². The molecule has 1 heterocycles. The highest BCUT2D eigenvalue weighted by Gasteiger charge is 2.14. The second kappa shape index (κ2) is 5.19. The second-order valence-electron chi connectivity index (χ2n) is 4.15. The van der Waals surface area contributed by atoms with Gasteiger partial charge in [-0.3, -0.25) is 9.67 Å². The quantitative estimate of drug-likeness (QED) is 0.712. The zero-order valence-electron chi connectivity index (χ0n) is 10.2. The van der Waals surface area contributed by atoms with E-state index in [4.69, 9.17) is 23.8 Å². The smallest absolute Gasteiger partial charge is 0.200 e. The molecule has 2 aromatic carbocycles. The zero-order chi connectivity index (χ0) is 14.1. The SMILES string of the molecule is Fc1ccc(Cl)cc1-c1n[nH]c(=S)n1-c1ccccc1. The number of para-hydroxylation sites is 1. The van der Waals surface area contributed by atoms with Gasteiger partial charge < -0.3 is 0 Å². The van der Waals surface area contributed by atoms with E-state index in [0.29, 0.717) is 21.2 Å². The molecule has 0 radical (unpaired) electrons. The van der Waals surface area contributed by atoms with Gasteiger partial charge in [-0.2, -0.15) is 5.10 Å². The minimum absolute atomic E-state index is 0.300. The van der Waals surface area contributed by atoms with Crippen LogP contribution in [0.5, 0.6) is 0 Å². The minimum Gasteiger partial charge on any atom is -0.268 e. The first kappa shape index (κ1) is 13.0. The van der Waals surface area contributed by atoms with E-state index in [1.165, 1.54) is 18.2 Å². The lowest BCUT2D eigenvalue weighted by molar-refractivity contribution is 0.629. The Morgan fingerprint density at radius 2 is 1.90 bits per heavy atom. The molecule has 0 amide bonds. The van der Waals surface area contributed by atoms with E-state index in [1.807, 2.05) is 30.3 Å². The van der Waals surface area contributed by atoms with Crippen molar-refractivity contribution in [3.8, 4) is 17.1 Å². The number of hydrogen-bond donors (Lipinski definition) is 1. The third kappa shape index (κ3) is 2.26. The molecule has 0 aliphatic rings. The van der Waals surface area contributed by atoms with Crippen LogP contribution >= 0.6 is 23.8 Å². The Labute approximate surface area is 124 Å². The van der Waals surface area contributed by atoms with Crippen molar-refractivity contribution in [1.82, 2.24) is 14.8 Å². The predicted octanol–water partition coefficient (Wildman–Crippen LogP) is 4.39. The average molecular weight is 306 g/mol. The minimum atomic E-state index is -0.402. The van der Waals surface area contributed by atoms with Crippen LogP contribution in [0.4, 0.5) is 4.39 Å². The first-order chi connectivity index (χ1) is 9.66. The maximum absolute atomic E-state index is 14.0. The zero-order valence-corrected chi connectivity index (χ0v) is 11.7. The number of nitrogens with one attached hydrogen (secondary N) is 1. The largest absolute Gasteiger partial charge is 0.268 e. The van der Waals surface area contributed by atoms with Crippen LogP contribution in [0, 0.1) is 10.6 Å². The van der Waals surface area contributed by atoms with Crippen molar-refractivity contribution in [3.63, 3.8) is 0 Å². The van der Waals surface area contributed by atoms with Gasteiger partial charge in [-0.25, -0.2) is 4.39 Å². The summed E-state index contributed by atoms with van der Waals surface area (Å²) in [7, 11) is 0. The maximum Gasteiger partial charge on any atom is 0.200 e. The molecule has 0 bridgehead atoms. The van der Waals surface area contributed by atoms with Crippen molar-refractivity contribution < 1.29 is 4.39 Å². The van der Waals surface area contributed by atoms with E-state index in [9.17, 15) is 4.39 Å². The van der Waals surface area contributed by atoms with E-state index in [-0.39, 0.29) is 0 Å². The van der Waals surface area contributed by atoms with Crippen LogP contribution in [0.15, 0.2) is 48.5 Å². The fraction of sp³-hybridized carbons (Fsp3) is 0. The highest BCUT2D eigenvalue weighted by Crippen LogP contribution is 2.26. The van der Waals surface area contributed by atoms with Gasteiger partial charge in [0.1, 0.15) is 5.82 Å². The maximum atomic E-state index is 14.0. The van der Waals surface area contributed by atoms with Crippen LogP contribution in [0.2, 0.25) is 5.02 Å². The van der Waals surface area contributed by atoms with Gasteiger partial charge in [0.15, 0.2) is 10.6 Å². The Kier molecular flexibility index (Phi) is 3.38. The normalized spacial score (nSPS) is 10.7. The van der Waals surface area contributed by atoms with Crippen molar-refractivity contribution in [2.75, 3.05) is 0 Å². The lowest BCUT2D eigenvalue weighted by Crippen LogP contribution is -1.99. The van der Waals surface area contributed by atoms with Crippen molar-refractivity contribution >= 4 is 23.8 Å². The van der Waals surface area contributed by atoms with Crippen LogP contribution < -0.4 is 0 Å². The third-order valence-corrected chi connectivity index (χ3v) is 3.37. The molecule has 0 atom stereocenters. The summed E-state index contributed by atoms with van der Waals surface area (Å²) in [5.74, 6) is -0.0122. The van der Waals surface area contributed by atoms with Gasteiger partial charge in [0, 0.05) is 10.7 Å². The molecule has 3 nitrogen and oxygen atoms in total. The van der Waals surface area contributed by atoms with E-state index >= 15 is 0 Å². The Morgan fingerprint density at radius 1 is 1.15 bits per heavy atom. The Morgan fingerprint density at radius 3 is 2.65 bits per heavy atom. The highest BCUT2D eigenvalue weighted by atomic mass is 35.5. The van der Waals surface area contributed by atoms with Gasteiger partial charge in [0.2, 0.25) is 0 Å². The molecule has 0 spiro atoms. The number of aromatic amines is 1. The van der Waals surface area contributed by atoms with E-state index in [1.54, 1.807) is 4.57 Å². The summed E-state index contributed by atoms with van der Waals surface area (Å²) in [6, 6.07) is 13.7. The molecule has 3 rings (SSSR count). The van der Waals surface area contributed by atoms with E-state index < -0.39 is 5.82 Å². The number of hydrogen-bond acceptors (Lipinski definition) is 2. The number of rotatable bonds is 2. The third-order valence-electron chi connectivity index (χ3n) is 2.86. The summed E-state index contributed by atoms with van der Waals surface area (Å²) in [6.45, 7) is 0. The fourth-order valence-corrected chi connectivity index (χ4v) is 2.37. The lowest BCUT2D eigenvalue weighted by atomic mass is 10.2. The van der Waals surface area contributed by atoms with Crippen LogP contribution in [0.3, 0.4) is 0 Å². The van der Waals surface area contributed by atoms with Crippen LogP contribution in [0.25, 0.3) is 17.1 Å². The Balaban J connectivity index is 2.27. The molecule has 3 aromatic rings. The van der Waals surface area contributed by atoms with Crippen molar-refractivity contribution in [3.05, 3.63) is 64.1 Å². The van der Waals surface area contributed by atoms with Crippen molar-refractivity contribution in [2.45, 2.75) is 0 Å². The molecule has 20 heavy (non-hydrogen) atoms. The van der Waals surface area contributed by atoms with Crippen LogP contribution in [0.1, 0.15) is 0 Å². The van der Waals surface area contributed by atoms with E-state index in [2.05, 4.69) is 10.2 Å². The number of H-pyrrole nitrogens is 1. The average Bonchev–Trinajstić information content (AvgIpc) is 2.84. The fourth-order valence-electron chi connectivity index (χ4n) is 1.96. The summed E-state index contributed by atoms with van der Waals surface area (Å²) in [5.41, 5.74) is 1.11. The Bertz CT molecular complexity index is 811. The van der Waals surface area contributed by atoms with E-state index in [0.717, 1.165) is 5.69 Å². The molecular weight excluding hydrogens is 297 g/mol. The van der Waals surface area contributed by atoms with Gasteiger partial charge in [0.05, 0.1) is 5.56 Å². The molecular formula is C14H9ClFN3S. The summed E-state index contributed by atoms with van der Waals surface area (Å²) >= 11 is 11.2. The molecule has 0 saturated heterocycles. The molecule has 0 saturated carbocycles. The van der Waals surface area contributed by atoms with Gasteiger partial charge in [-0.15, -0.1) is 0 Å². The molecule has 1 aromatic heterocycles. The number of aromatic nitrogens is 3. The molecule has 1 N–H and O–H groups in total. The van der Waals surface area contributed by atoms with Gasteiger partial charge in [-0.05, 0) is 42.5 Å². The standard InChI is InChI=1S/C14H9ClFN3S/c15-9-6-7-12(16)11(8-9)13-17-18-14(20)19(13)10-4-2-1-3-5-10/h1-8H,(H,18,20). The summed E-state index contributed by atoms with van der Waals surface area (Å²) in [5, 5.41) is 7.24. The molecule has 0 aliphatic heterocycles.